The molecule has 1 fully saturated rings. The number of rotatable bonds is 6. The number of aliphatic carboxylic acids is 1. The van der Waals surface area contributed by atoms with Gasteiger partial charge < -0.3 is 10.4 Å². The number of carbonyl (C=O) groups is 2. The molecule has 0 aromatic carbocycles. The lowest BCUT2D eigenvalue weighted by atomic mass is 9.67. The van der Waals surface area contributed by atoms with Crippen molar-refractivity contribution < 1.29 is 14.7 Å². The Labute approximate surface area is 96.4 Å². The molecule has 92 valence electrons. The largest absolute Gasteiger partial charge is 0.481 e. The van der Waals surface area contributed by atoms with Gasteiger partial charge in [0.15, 0.2) is 0 Å². The molecular formula is C12H21NO3. The Bertz CT molecular complexity index is 269. The van der Waals surface area contributed by atoms with E-state index >= 15 is 0 Å². The molecule has 0 radical (unpaired) electrons. The average molecular weight is 227 g/mol. The van der Waals surface area contributed by atoms with Gasteiger partial charge in [0.1, 0.15) is 0 Å². The van der Waals surface area contributed by atoms with Gasteiger partial charge in [0.25, 0.3) is 0 Å². The Hall–Kier alpha value is -1.06. The smallest absolute Gasteiger partial charge is 0.303 e. The molecule has 0 heterocycles. The molecule has 4 nitrogen and oxygen atoms in total. The molecule has 1 rings (SSSR count). The van der Waals surface area contributed by atoms with Crippen LogP contribution in [0.25, 0.3) is 0 Å². The Kier molecular flexibility index (Phi) is 4.33. The topological polar surface area (TPSA) is 66.4 Å². The summed E-state index contributed by atoms with van der Waals surface area (Å²) in [4.78, 5) is 21.6. The van der Waals surface area contributed by atoms with E-state index in [-0.39, 0.29) is 24.2 Å². The van der Waals surface area contributed by atoms with Crippen LogP contribution >= 0.6 is 0 Å². The van der Waals surface area contributed by atoms with Gasteiger partial charge in [0.2, 0.25) is 5.91 Å². The molecule has 0 saturated heterocycles. The van der Waals surface area contributed by atoms with Crippen molar-refractivity contribution in [3.8, 4) is 0 Å². The summed E-state index contributed by atoms with van der Waals surface area (Å²) in [5, 5.41) is 11.3. The maximum atomic E-state index is 11.3. The van der Waals surface area contributed by atoms with Gasteiger partial charge >= 0.3 is 5.97 Å². The van der Waals surface area contributed by atoms with Crippen molar-refractivity contribution in [3.63, 3.8) is 0 Å². The number of carboxylic acids is 1. The van der Waals surface area contributed by atoms with Gasteiger partial charge in [-0.2, -0.15) is 0 Å². The highest BCUT2D eigenvalue weighted by Crippen LogP contribution is 2.41. The maximum Gasteiger partial charge on any atom is 0.303 e. The van der Waals surface area contributed by atoms with Crippen LogP contribution in [0.15, 0.2) is 0 Å². The number of nitrogens with one attached hydrogen (secondary N) is 1. The van der Waals surface area contributed by atoms with E-state index < -0.39 is 5.97 Å². The van der Waals surface area contributed by atoms with Crippen LogP contribution in [0, 0.1) is 11.3 Å². The first kappa shape index (κ1) is 13.0. The normalized spacial score (nSPS) is 16.6. The van der Waals surface area contributed by atoms with Gasteiger partial charge in [-0.05, 0) is 24.2 Å². The lowest BCUT2D eigenvalue weighted by molar-refractivity contribution is -0.138. The van der Waals surface area contributed by atoms with Gasteiger partial charge in [0.05, 0.1) is 6.42 Å². The molecule has 1 saturated carbocycles. The maximum absolute atomic E-state index is 11.3. The van der Waals surface area contributed by atoms with Gasteiger partial charge in [-0.15, -0.1) is 0 Å². The number of hydrogen-bond donors (Lipinski definition) is 2. The summed E-state index contributed by atoms with van der Waals surface area (Å²) in [6, 6.07) is 0. The number of amides is 1. The zero-order valence-corrected chi connectivity index (χ0v) is 10.1. The first-order valence-electron chi connectivity index (χ1n) is 5.90. The Morgan fingerprint density at radius 3 is 2.38 bits per heavy atom. The first-order valence-corrected chi connectivity index (χ1v) is 5.90. The lowest BCUT2D eigenvalue weighted by Crippen LogP contribution is -2.41. The van der Waals surface area contributed by atoms with Crippen LogP contribution in [0.4, 0.5) is 0 Å². The summed E-state index contributed by atoms with van der Waals surface area (Å²) < 4.78 is 0. The van der Waals surface area contributed by atoms with Crippen molar-refractivity contribution in [2.24, 2.45) is 11.3 Å². The summed E-state index contributed by atoms with van der Waals surface area (Å²) >= 11 is 0. The first-order chi connectivity index (χ1) is 7.42. The van der Waals surface area contributed by atoms with Gasteiger partial charge in [0, 0.05) is 13.0 Å². The summed E-state index contributed by atoms with van der Waals surface area (Å²) in [5.74, 6) is -0.379. The molecule has 1 amide bonds. The lowest BCUT2D eigenvalue weighted by Gasteiger charge is -2.40. The third-order valence-corrected chi connectivity index (χ3v) is 3.52. The molecule has 0 atom stereocenters. The molecule has 2 N–H and O–H groups in total. The average Bonchev–Trinajstić information content (AvgIpc) is 2.08. The number of carboxylic acid groups (broad SMARTS) is 1. The summed E-state index contributed by atoms with van der Waals surface area (Å²) in [6.45, 7) is 4.97. The van der Waals surface area contributed by atoms with Crippen molar-refractivity contribution in [2.45, 2.75) is 46.0 Å². The van der Waals surface area contributed by atoms with E-state index in [0.29, 0.717) is 12.5 Å². The number of carbonyl (C=O) groups excluding carboxylic acids is 1. The van der Waals surface area contributed by atoms with E-state index in [1.165, 1.54) is 19.3 Å². The van der Waals surface area contributed by atoms with Crippen molar-refractivity contribution in [2.75, 3.05) is 6.54 Å². The second-order valence-corrected chi connectivity index (χ2v) is 5.29. The molecule has 0 aromatic rings. The van der Waals surface area contributed by atoms with Crippen molar-refractivity contribution in [1.29, 1.82) is 0 Å². The molecule has 0 spiro atoms. The van der Waals surface area contributed by atoms with E-state index in [0.717, 1.165) is 0 Å². The van der Waals surface area contributed by atoms with E-state index in [1.54, 1.807) is 0 Å². The fourth-order valence-corrected chi connectivity index (χ4v) is 1.97. The second kappa shape index (κ2) is 5.32. The summed E-state index contributed by atoms with van der Waals surface area (Å²) in [7, 11) is 0. The Morgan fingerprint density at radius 1 is 1.31 bits per heavy atom. The fraction of sp³-hybridized carbons (Fsp3) is 0.833. The molecule has 1 aliphatic rings. The van der Waals surface area contributed by atoms with Gasteiger partial charge in [-0.3, -0.25) is 9.59 Å². The second-order valence-electron chi connectivity index (χ2n) is 5.29. The van der Waals surface area contributed by atoms with Crippen LogP contribution in [-0.4, -0.2) is 23.5 Å². The van der Waals surface area contributed by atoms with Crippen molar-refractivity contribution in [1.82, 2.24) is 5.32 Å². The van der Waals surface area contributed by atoms with Crippen LogP contribution in [-0.2, 0) is 9.59 Å². The Morgan fingerprint density at radius 2 is 1.94 bits per heavy atom. The highest BCUT2D eigenvalue weighted by atomic mass is 16.4. The SMILES string of the molecule is CC(C)(CNC(=O)CCC(=O)O)C1CCC1. The molecule has 0 aromatic heterocycles. The molecule has 4 heteroatoms. The monoisotopic (exact) mass is 227 g/mol. The minimum absolute atomic E-state index is 0.0794. The highest BCUT2D eigenvalue weighted by molar-refractivity contribution is 5.80. The Balaban J connectivity index is 2.22. The molecule has 0 aliphatic heterocycles. The van der Waals surface area contributed by atoms with Gasteiger partial charge in [-0.1, -0.05) is 20.3 Å². The minimum atomic E-state index is -0.923. The summed E-state index contributed by atoms with van der Waals surface area (Å²) in [6.07, 6.45) is 3.78. The zero-order chi connectivity index (χ0) is 12.2. The van der Waals surface area contributed by atoms with E-state index in [2.05, 4.69) is 19.2 Å². The molecule has 0 unspecified atom stereocenters. The van der Waals surface area contributed by atoms with Gasteiger partial charge in [-0.25, -0.2) is 0 Å². The van der Waals surface area contributed by atoms with Crippen molar-refractivity contribution in [3.05, 3.63) is 0 Å². The third kappa shape index (κ3) is 3.83. The van der Waals surface area contributed by atoms with E-state index in [9.17, 15) is 9.59 Å². The van der Waals surface area contributed by atoms with Crippen LogP contribution in [0.2, 0.25) is 0 Å². The predicted octanol–water partition coefficient (Wildman–Crippen LogP) is 1.79. The van der Waals surface area contributed by atoms with E-state index in [4.69, 9.17) is 5.11 Å². The molecule has 1 aliphatic carbocycles. The van der Waals surface area contributed by atoms with Crippen LogP contribution in [0.5, 0.6) is 0 Å². The summed E-state index contributed by atoms with van der Waals surface area (Å²) in [5.41, 5.74) is 0.136. The highest BCUT2D eigenvalue weighted by Gasteiger charge is 2.33. The predicted molar refractivity (Wildman–Crippen MR) is 61.0 cm³/mol. The molecular weight excluding hydrogens is 206 g/mol. The number of hydrogen-bond acceptors (Lipinski definition) is 2. The quantitative estimate of drug-likeness (QED) is 0.727. The fourth-order valence-electron chi connectivity index (χ4n) is 1.97. The van der Waals surface area contributed by atoms with Crippen molar-refractivity contribution >= 4 is 11.9 Å². The molecule has 16 heavy (non-hydrogen) atoms. The zero-order valence-electron chi connectivity index (χ0n) is 10.1. The third-order valence-electron chi connectivity index (χ3n) is 3.52. The van der Waals surface area contributed by atoms with E-state index in [1.807, 2.05) is 0 Å². The van der Waals surface area contributed by atoms with Crippen LogP contribution in [0.1, 0.15) is 46.0 Å². The van der Waals surface area contributed by atoms with Crippen LogP contribution in [0.3, 0.4) is 0 Å². The minimum Gasteiger partial charge on any atom is -0.481 e. The molecule has 0 bridgehead atoms. The van der Waals surface area contributed by atoms with Crippen LogP contribution < -0.4 is 5.32 Å². The standard InChI is InChI=1S/C12H21NO3/c1-12(2,9-4-3-5-9)8-13-10(14)6-7-11(15)16/h9H,3-8H2,1-2H3,(H,13,14)(H,15,16).